The van der Waals surface area contributed by atoms with Gasteiger partial charge >= 0.3 is 5.97 Å². The molecule has 1 heterocycles. The normalized spacial score (nSPS) is 10.7. The van der Waals surface area contributed by atoms with Gasteiger partial charge in [-0.25, -0.2) is 4.79 Å². The van der Waals surface area contributed by atoms with E-state index in [1.165, 1.54) is 11.7 Å². The van der Waals surface area contributed by atoms with Crippen molar-refractivity contribution >= 4 is 28.7 Å². The summed E-state index contributed by atoms with van der Waals surface area (Å²) >= 11 is 1.18. The van der Waals surface area contributed by atoms with Crippen LogP contribution in [0.4, 0.5) is 0 Å². The first kappa shape index (κ1) is 10.9. The molecule has 0 saturated heterocycles. The second-order valence-corrected chi connectivity index (χ2v) is 4.35. The Morgan fingerprint density at radius 3 is 2.56 bits per heavy atom. The summed E-state index contributed by atoms with van der Waals surface area (Å²) in [6, 6.07) is 12.6. The fourth-order valence-electron chi connectivity index (χ4n) is 1.83. The maximum Gasteiger partial charge on any atom is 0.335 e. The molecule has 0 spiro atoms. The van der Waals surface area contributed by atoms with Crippen LogP contribution in [0.5, 0.6) is 0 Å². The minimum absolute atomic E-state index is 0.280. The molecule has 3 rings (SSSR count). The van der Waals surface area contributed by atoms with Crippen LogP contribution >= 0.6 is 11.7 Å². The van der Waals surface area contributed by atoms with E-state index >= 15 is 0 Å². The zero-order chi connectivity index (χ0) is 12.5. The quantitative estimate of drug-likeness (QED) is 0.765. The number of carbonyl (C=O) groups is 1. The molecule has 0 saturated carbocycles. The number of nitrogens with zero attached hydrogens (tertiary/aromatic N) is 2. The van der Waals surface area contributed by atoms with Gasteiger partial charge in [-0.1, -0.05) is 24.3 Å². The number of aromatic carboxylic acids is 1. The van der Waals surface area contributed by atoms with E-state index in [2.05, 4.69) is 8.75 Å². The van der Waals surface area contributed by atoms with E-state index in [0.717, 1.165) is 22.2 Å². The first-order valence-electron chi connectivity index (χ1n) is 5.31. The van der Waals surface area contributed by atoms with Gasteiger partial charge in [0.2, 0.25) is 0 Å². The molecule has 1 aromatic heterocycles. The molecule has 0 aliphatic carbocycles. The predicted octanol–water partition coefficient (Wildman–Crippen LogP) is 3.06. The third-order valence-electron chi connectivity index (χ3n) is 2.73. The largest absolute Gasteiger partial charge is 0.478 e. The molecule has 5 heteroatoms. The SMILES string of the molecule is O=C(O)c1ccc(-c2cccc3nsnc23)cc1. The zero-order valence-electron chi connectivity index (χ0n) is 9.20. The number of aromatic nitrogens is 2. The minimum Gasteiger partial charge on any atom is -0.478 e. The van der Waals surface area contributed by atoms with E-state index in [0.29, 0.717) is 0 Å². The molecule has 2 aromatic carbocycles. The molecule has 1 N–H and O–H groups in total. The Balaban J connectivity index is 2.14. The van der Waals surface area contributed by atoms with Gasteiger partial charge in [-0.3, -0.25) is 0 Å². The van der Waals surface area contributed by atoms with Crippen LogP contribution < -0.4 is 0 Å². The zero-order valence-corrected chi connectivity index (χ0v) is 10.0. The molecule has 3 aromatic rings. The standard InChI is InChI=1S/C13H8N2O2S/c16-13(17)9-6-4-8(5-7-9)10-2-1-3-11-12(10)15-18-14-11/h1-7H,(H,16,17). The van der Waals surface area contributed by atoms with Crippen LogP contribution in [-0.4, -0.2) is 19.8 Å². The van der Waals surface area contributed by atoms with Crippen molar-refractivity contribution in [2.24, 2.45) is 0 Å². The van der Waals surface area contributed by atoms with E-state index in [4.69, 9.17) is 5.11 Å². The molecule has 0 amide bonds. The molecule has 0 aliphatic rings. The summed E-state index contributed by atoms with van der Waals surface area (Å²) in [7, 11) is 0. The van der Waals surface area contributed by atoms with Crippen LogP contribution in [0.3, 0.4) is 0 Å². The molecule has 0 unspecified atom stereocenters. The van der Waals surface area contributed by atoms with Crippen molar-refractivity contribution in [2.75, 3.05) is 0 Å². The van der Waals surface area contributed by atoms with Crippen LogP contribution in [0.15, 0.2) is 42.5 Å². The summed E-state index contributed by atoms with van der Waals surface area (Å²) < 4.78 is 8.45. The van der Waals surface area contributed by atoms with Crippen LogP contribution in [0.1, 0.15) is 10.4 Å². The summed E-state index contributed by atoms with van der Waals surface area (Å²) in [5.41, 5.74) is 3.91. The number of hydrogen-bond acceptors (Lipinski definition) is 4. The minimum atomic E-state index is -0.921. The summed E-state index contributed by atoms with van der Waals surface area (Å²) in [6.07, 6.45) is 0. The topological polar surface area (TPSA) is 63.1 Å². The van der Waals surface area contributed by atoms with Crippen molar-refractivity contribution in [1.29, 1.82) is 0 Å². The molecular formula is C13H8N2O2S. The van der Waals surface area contributed by atoms with Gasteiger partial charge in [0.1, 0.15) is 11.0 Å². The number of carboxylic acid groups (broad SMARTS) is 1. The summed E-state index contributed by atoms with van der Waals surface area (Å²) in [4.78, 5) is 10.8. The van der Waals surface area contributed by atoms with Gasteiger partial charge in [-0.2, -0.15) is 8.75 Å². The van der Waals surface area contributed by atoms with Crippen molar-refractivity contribution in [3.63, 3.8) is 0 Å². The Kier molecular flexibility index (Phi) is 2.53. The monoisotopic (exact) mass is 256 g/mol. The molecule has 0 atom stereocenters. The predicted molar refractivity (Wildman–Crippen MR) is 69.8 cm³/mol. The first-order valence-corrected chi connectivity index (χ1v) is 6.04. The fourth-order valence-corrected chi connectivity index (χ4v) is 2.38. The summed E-state index contributed by atoms with van der Waals surface area (Å²) in [6.45, 7) is 0. The van der Waals surface area contributed by atoms with Crippen LogP contribution in [-0.2, 0) is 0 Å². The van der Waals surface area contributed by atoms with Crippen LogP contribution in [0, 0.1) is 0 Å². The third-order valence-corrected chi connectivity index (χ3v) is 3.27. The maximum absolute atomic E-state index is 10.8. The highest BCUT2D eigenvalue weighted by Gasteiger charge is 2.08. The number of rotatable bonds is 2. The molecule has 88 valence electrons. The Labute approximate surface area is 107 Å². The van der Waals surface area contributed by atoms with Gasteiger partial charge in [0, 0.05) is 5.56 Å². The lowest BCUT2D eigenvalue weighted by Gasteiger charge is -2.02. The number of hydrogen-bond donors (Lipinski definition) is 1. The number of carboxylic acids is 1. The lowest BCUT2D eigenvalue weighted by Crippen LogP contribution is -1.95. The van der Waals surface area contributed by atoms with E-state index < -0.39 is 5.97 Å². The van der Waals surface area contributed by atoms with Gasteiger partial charge in [-0.05, 0) is 23.8 Å². The van der Waals surface area contributed by atoms with Gasteiger partial charge in [0.25, 0.3) is 0 Å². The van der Waals surface area contributed by atoms with E-state index in [9.17, 15) is 4.79 Å². The second-order valence-electron chi connectivity index (χ2n) is 3.82. The highest BCUT2D eigenvalue weighted by Crippen LogP contribution is 2.27. The highest BCUT2D eigenvalue weighted by atomic mass is 32.1. The van der Waals surface area contributed by atoms with Crippen molar-refractivity contribution < 1.29 is 9.90 Å². The Hall–Kier alpha value is -2.27. The summed E-state index contributed by atoms with van der Waals surface area (Å²) in [5, 5.41) is 8.86. The third kappa shape index (κ3) is 1.74. The lowest BCUT2D eigenvalue weighted by atomic mass is 10.0. The Morgan fingerprint density at radius 1 is 1.06 bits per heavy atom. The summed E-state index contributed by atoms with van der Waals surface area (Å²) in [5.74, 6) is -0.921. The van der Waals surface area contributed by atoms with Crippen LogP contribution in [0.2, 0.25) is 0 Å². The highest BCUT2D eigenvalue weighted by molar-refractivity contribution is 7.00. The van der Waals surface area contributed by atoms with Gasteiger partial charge in [0.05, 0.1) is 17.3 Å². The van der Waals surface area contributed by atoms with E-state index in [-0.39, 0.29) is 5.56 Å². The average molecular weight is 256 g/mol. The fraction of sp³-hybridized carbons (Fsp3) is 0. The van der Waals surface area contributed by atoms with Crippen molar-refractivity contribution in [2.45, 2.75) is 0 Å². The van der Waals surface area contributed by atoms with E-state index in [1.54, 1.807) is 24.3 Å². The molecule has 0 radical (unpaired) electrons. The molecule has 0 bridgehead atoms. The van der Waals surface area contributed by atoms with E-state index in [1.807, 2.05) is 18.2 Å². The maximum atomic E-state index is 10.8. The van der Waals surface area contributed by atoms with Crippen molar-refractivity contribution in [1.82, 2.24) is 8.75 Å². The lowest BCUT2D eigenvalue weighted by molar-refractivity contribution is 0.0697. The average Bonchev–Trinajstić information content (AvgIpc) is 2.87. The first-order chi connectivity index (χ1) is 8.75. The molecule has 4 nitrogen and oxygen atoms in total. The second kappa shape index (κ2) is 4.19. The molecule has 0 aliphatic heterocycles. The smallest absolute Gasteiger partial charge is 0.335 e. The molecular weight excluding hydrogens is 248 g/mol. The van der Waals surface area contributed by atoms with Gasteiger partial charge in [0.15, 0.2) is 0 Å². The molecule has 0 fully saturated rings. The van der Waals surface area contributed by atoms with Crippen molar-refractivity contribution in [3.8, 4) is 11.1 Å². The van der Waals surface area contributed by atoms with Crippen molar-refractivity contribution in [3.05, 3.63) is 48.0 Å². The number of fused-ring (bicyclic) bond motifs is 1. The van der Waals surface area contributed by atoms with Crippen LogP contribution in [0.25, 0.3) is 22.2 Å². The Morgan fingerprint density at radius 2 is 1.83 bits per heavy atom. The Bertz CT molecular complexity index is 719. The number of benzene rings is 2. The van der Waals surface area contributed by atoms with Gasteiger partial charge in [-0.15, -0.1) is 0 Å². The van der Waals surface area contributed by atoms with Gasteiger partial charge < -0.3 is 5.11 Å². The molecule has 18 heavy (non-hydrogen) atoms.